The lowest BCUT2D eigenvalue weighted by Gasteiger charge is -2.32. The molecule has 8 nitrogen and oxygen atoms in total. The molecule has 170 valence electrons. The van der Waals surface area contributed by atoms with Crippen LogP contribution in [0.5, 0.6) is 5.88 Å². The molecule has 0 saturated carbocycles. The zero-order valence-electron chi connectivity index (χ0n) is 19.2. The summed E-state index contributed by atoms with van der Waals surface area (Å²) in [4.78, 5) is 23.9. The molecular formula is C23H28N4O4S. The summed E-state index contributed by atoms with van der Waals surface area (Å²) in [5.41, 5.74) is 2.91. The van der Waals surface area contributed by atoms with Crippen LogP contribution in [0.1, 0.15) is 49.3 Å². The standard InChI is InChI=1S/C23H28N4O4S/c1-8-16(9-2)27-22(28)19-14(4)11-17(26-20(19)23(27,5)6)15-12-18(21(31-7)24-13-15)32(29,30)25-10-3/h8-9,11-13,25H,1,10H2,2-7H3/b16-9+. The Morgan fingerprint density at radius 1 is 1.34 bits per heavy atom. The van der Waals surface area contributed by atoms with Gasteiger partial charge in [-0.3, -0.25) is 9.69 Å². The van der Waals surface area contributed by atoms with Crippen molar-refractivity contribution in [2.24, 2.45) is 0 Å². The summed E-state index contributed by atoms with van der Waals surface area (Å²) >= 11 is 0. The Morgan fingerprint density at radius 3 is 2.59 bits per heavy atom. The summed E-state index contributed by atoms with van der Waals surface area (Å²) in [7, 11) is -2.44. The van der Waals surface area contributed by atoms with Crippen LogP contribution < -0.4 is 9.46 Å². The van der Waals surface area contributed by atoms with E-state index in [0.29, 0.717) is 28.2 Å². The Morgan fingerprint density at radius 2 is 2.03 bits per heavy atom. The summed E-state index contributed by atoms with van der Waals surface area (Å²) in [6.07, 6.45) is 4.99. The number of allylic oxidation sites excluding steroid dienone is 2. The van der Waals surface area contributed by atoms with Crippen molar-refractivity contribution in [3.8, 4) is 17.1 Å². The number of fused-ring (bicyclic) bond motifs is 1. The number of carbonyl (C=O) groups excluding carboxylic acids is 1. The van der Waals surface area contributed by atoms with Crippen LogP contribution in [-0.4, -0.2) is 42.8 Å². The minimum atomic E-state index is -3.81. The topological polar surface area (TPSA) is 101 Å². The molecule has 1 aliphatic heterocycles. The molecule has 0 radical (unpaired) electrons. The van der Waals surface area contributed by atoms with Gasteiger partial charge in [0.25, 0.3) is 5.91 Å². The van der Waals surface area contributed by atoms with Gasteiger partial charge in [-0.25, -0.2) is 23.1 Å². The molecule has 0 spiro atoms. The lowest BCUT2D eigenvalue weighted by molar-refractivity contribution is 0.0715. The third kappa shape index (κ3) is 3.71. The normalized spacial score (nSPS) is 15.6. The van der Waals surface area contributed by atoms with Crippen molar-refractivity contribution in [3.05, 3.63) is 59.6 Å². The molecule has 1 N–H and O–H groups in total. The molecule has 0 bridgehead atoms. The largest absolute Gasteiger partial charge is 0.480 e. The minimum Gasteiger partial charge on any atom is -0.480 e. The van der Waals surface area contributed by atoms with Crippen LogP contribution in [-0.2, 0) is 15.6 Å². The van der Waals surface area contributed by atoms with E-state index in [1.807, 2.05) is 33.8 Å². The van der Waals surface area contributed by atoms with Gasteiger partial charge in [-0.05, 0) is 51.5 Å². The molecule has 3 heterocycles. The third-order valence-electron chi connectivity index (χ3n) is 5.47. The Kier molecular flexibility index (Phi) is 6.26. The van der Waals surface area contributed by atoms with Gasteiger partial charge >= 0.3 is 0 Å². The second kappa shape index (κ2) is 8.48. The van der Waals surface area contributed by atoms with Crippen LogP contribution in [0.15, 0.2) is 47.7 Å². The van der Waals surface area contributed by atoms with Gasteiger partial charge in [-0.1, -0.05) is 19.6 Å². The van der Waals surface area contributed by atoms with Crippen molar-refractivity contribution >= 4 is 15.9 Å². The number of amides is 1. The van der Waals surface area contributed by atoms with Gasteiger partial charge in [-0.2, -0.15) is 0 Å². The van der Waals surface area contributed by atoms with Crippen LogP contribution in [0.25, 0.3) is 11.3 Å². The Labute approximate surface area is 189 Å². The third-order valence-corrected chi connectivity index (χ3v) is 7.01. The van der Waals surface area contributed by atoms with Crippen molar-refractivity contribution in [1.82, 2.24) is 19.6 Å². The first-order chi connectivity index (χ1) is 15.0. The second-order valence-corrected chi connectivity index (χ2v) is 9.63. The zero-order chi connectivity index (χ0) is 23.8. The Balaban J connectivity index is 2.21. The fourth-order valence-corrected chi connectivity index (χ4v) is 5.15. The van der Waals surface area contributed by atoms with E-state index >= 15 is 0 Å². The SMILES string of the molecule is C=C/C(=C\C)N1C(=O)c2c(C)cc(-c3cnc(OC)c(S(=O)(=O)NCC)c3)nc2C1(C)C. The van der Waals surface area contributed by atoms with E-state index in [9.17, 15) is 13.2 Å². The van der Waals surface area contributed by atoms with Gasteiger partial charge in [0, 0.05) is 24.0 Å². The number of aryl methyl sites for hydroxylation is 1. The van der Waals surface area contributed by atoms with Crippen LogP contribution in [0, 0.1) is 6.92 Å². The molecule has 2 aromatic heterocycles. The van der Waals surface area contributed by atoms with Gasteiger partial charge in [0.15, 0.2) is 0 Å². The molecule has 0 aromatic carbocycles. The van der Waals surface area contributed by atoms with E-state index in [2.05, 4.69) is 16.3 Å². The molecule has 0 saturated heterocycles. The fourth-order valence-electron chi connectivity index (χ4n) is 3.97. The van der Waals surface area contributed by atoms with E-state index in [-0.39, 0.29) is 23.2 Å². The Bertz CT molecular complexity index is 1230. The molecule has 0 aliphatic carbocycles. The molecule has 1 amide bonds. The highest BCUT2D eigenvalue weighted by molar-refractivity contribution is 7.89. The predicted octanol–water partition coefficient (Wildman–Crippen LogP) is 3.54. The van der Waals surface area contributed by atoms with Crippen molar-refractivity contribution in [2.45, 2.75) is 45.1 Å². The summed E-state index contributed by atoms with van der Waals surface area (Å²) in [5, 5.41) is 0. The molecule has 32 heavy (non-hydrogen) atoms. The molecule has 0 fully saturated rings. The number of ether oxygens (including phenoxy) is 1. The highest BCUT2D eigenvalue weighted by atomic mass is 32.2. The van der Waals surface area contributed by atoms with Crippen LogP contribution in [0.4, 0.5) is 0 Å². The van der Waals surface area contributed by atoms with Gasteiger partial charge < -0.3 is 4.74 Å². The van der Waals surface area contributed by atoms with Gasteiger partial charge in [0.2, 0.25) is 15.9 Å². The second-order valence-electron chi connectivity index (χ2n) is 7.90. The highest BCUT2D eigenvalue weighted by Crippen LogP contribution is 2.42. The maximum Gasteiger partial charge on any atom is 0.261 e. The lowest BCUT2D eigenvalue weighted by atomic mass is 9.96. The summed E-state index contributed by atoms with van der Waals surface area (Å²) in [6, 6.07) is 3.26. The zero-order valence-corrected chi connectivity index (χ0v) is 20.0. The van der Waals surface area contributed by atoms with E-state index < -0.39 is 15.6 Å². The van der Waals surface area contributed by atoms with Crippen LogP contribution in [0.3, 0.4) is 0 Å². The summed E-state index contributed by atoms with van der Waals surface area (Å²) in [6.45, 7) is 13.3. The van der Waals surface area contributed by atoms with E-state index in [1.54, 1.807) is 24.0 Å². The number of nitrogens with one attached hydrogen (secondary N) is 1. The van der Waals surface area contributed by atoms with Crippen molar-refractivity contribution in [2.75, 3.05) is 13.7 Å². The summed E-state index contributed by atoms with van der Waals surface area (Å²) < 4.78 is 32.9. The number of hydrogen-bond acceptors (Lipinski definition) is 6. The number of methoxy groups -OCH3 is 1. The fraction of sp³-hybridized carbons (Fsp3) is 0.348. The molecule has 1 aliphatic rings. The number of aromatic nitrogens is 2. The predicted molar refractivity (Wildman–Crippen MR) is 123 cm³/mol. The van der Waals surface area contributed by atoms with Gasteiger partial charge in [-0.15, -0.1) is 0 Å². The van der Waals surface area contributed by atoms with Gasteiger partial charge in [0.05, 0.1) is 29.6 Å². The first kappa shape index (κ1) is 23.6. The molecule has 0 atom stereocenters. The number of rotatable bonds is 7. The quantitative estimate of drug-likeness (QED) is 0.640. The maximum absolute atomic E-state index is 13.3. The maximum atomic E-state index is 13.3. The van der Waals surface area contributed by atoms with E-state index in [0.717, 1.165) is 5.56 Å². The lowest BCUT2D eigenvalue weighted by Crippen LogP contribution is -2.38. The van der Waals surface area contributed by atoms with Crippen molar-refractivity contribution in [3.63, 3.8) is 0 Å². The molecule has 0 unspecified atom stereocenters. The number of pyridine rings is 2. The van der Waals surface area contributed by atoms with Crippen molar-refractivity contribution in [1.29, 1.82) is 0 Å². The molecular weight excluding hydrogens is 428 g/mol. The van der Waals surface area contributed by atoms with Crippen LogP contribution in [0.2, 0.25) is 0 Å². The van der Waals surface area contributed by atoms with Gasteiger partial charge in [0.1, 0.15) is 4.90 Å². The minimum absolute atomic E-state index is 0.00188. The average molecular weight is 457 g/mol. The number of carbonyl (C=O) groups is 1. The Hall–Kier alpha value is -3.04. The highest BCUT2D eigenvalue weighted by Gasteiger charge is 2.46. The first-order valence-electron chi connectivity index (χ1n) is 10.2. The number of nitrogens with zero attached hydrogens (tertiary/aromatic N) is 3. The monoisotopic (exact) mass is 456 g/mol. The first-order valence-corrected chi connectivity index (χ1v) is 11.7. The summed E-state index contributed by atoms with van der Waals surface area (Å²) in [5.74, 6) is -0.143. The average Bonchev–Trinajstić information content (AvgIpc) is 2.95. The molecule has 3 rings (SSSR count). The molecule has 9 heteroatoms. The number of sulfonamides is 1. The van der Waals surface area contributed by atoms with Crippen molar-refractivity contribution < 1.29 is 17.9 Å². The number of hydrogen-bond donors (Lipinski definition) is 1. The smallest absolute Gasteiger partial charge is 0.261 e. The van der Waals surface area contributed by atoms with Crippen LogP contribution >= 0.6 is 0 Å². The molecule has 2 aromatic rings. The van der Waals surface area contributed by atoms with E-state index in [4.69, 9.17) is 9.72 Å². The van der Waals surface area contributed by atoms with E-state index in [1.165, 1.54) is 19.4 Å².